The predicted octanol–water partition coefficient (Wildman–Crippen LogP) is 5.90. The summed E-state index contributed by atoms with van der Waals surface area (Å²) in [6.07, 6.45) is 0. The van der Waals surface area contributed by atoms with Crippen molar-refractivity contribution in [2.45, 2.75) is 13.8 Å². The molecule has 1 heterocycles. The number of imidazole rings is 1. The third-order valence-corrected chi connectivity index (χ3v) is 3.81. The van der Waals surface area contributed by atoms with E-state index in [2.05, 4.69) is 48.1 Å². The summed E-state index contributed by atoms with van der Waals surface area (Å²) in [5, 5.41) is 0. The average Bonchev–Trinajstić information content (AvgIpc) is 3.08. The minimum atomic E-state index is 0.499. The first-order chi connectivity index (χ1) is 12.6. The van der Waals surface area contributed by atoms with Crippen LogP contribution in [0, 0.1) is 19.9 Å². The first kappa shape index (κ1) is 19.7. The second-order valence-corrected chi connectivity index (χ2v) is 5.66. The Morgan fingerprint density at radius 3 is 2.15 bits per heavy atom. The van der Waals surface area contributed by atoms with E-state index in [1.807, 2.05) is 36.4 Å². The molecule has 4 nitrogen and oxygen atoms in total. The first-order valence-corrected chi connectivity index (χ1v) is 9.02. The number of H-pyrrole nitrogens is 1. The van der Waals surface area contributed by atoms with Gasteiger partial charge in [-0.25, -0.2) is 4.98 Å². The Labute approximate surface area is 163 Å². The van der Waals surface area contributed by atoms with E-state index in [-0.39, 0.29) is 0 Å². The third-order valence-electron chi connectivity index (χ3n) is 3.81. The molecule has 0 saturated heterocycles. The molecule has 5 heteroatoms. The number of nitrogens with zero attached hydrogens (tertiary/aromatic N) is 1. The number of aromatic amines is 1. The fourth-order valence-corrected chi connectivity index (χ4v) is 2.66. The molecule has 0 aliphatic heterocycles. The van der Waals surface area contributed by atoms with Gasteiger partial charge in [0.05, 0.1) is 11.0 Å². The van der Waals surface area contributed by atoms with Gasteiger partial charge in [-0.3, -0.25) is 0 Å². The van der Waals surface area contributed by atoms with Gasteiger partial charge in [0.15, 0.2) is 0 Å². The molecule has 0 amide bonds. The topological polar surface area (TPSA) is 69.5 Å². The average molecular weight is 520 g/mol. The molecular formula is C21H19N3OOs-2. The van der Waals surface area contributed by atoms with Crippen molar-refractivity contribution in [2.75, 3.05) is 0 Å². The van der Waals surface area contributed by atoms with Gasteiger partial charge in [0.2, 0.25) is 0 Å². The molecule has 0 saturated carbocycles. The van der Waals surface area contributed by atoms with Gasteiger partial charge in [0.1, 0.15) is 5.82 Å². The van der Waals surface area contributed by atoms with Crippen LogP contribution in [0.4, 0.5) is 5.69 Å². The van der Waals surface area contributed by atoms with Crippen LogP contribution >= 0.6 is 0 Å². The molecule has 26 heavy (non-hydrogen) atoms. The smallest absolute Gasteiger partial charge is 0.171 e. The maximum absolute atomic E-state index is 8.28. The molecule has 0 aliphatic rings. The number of fused-ring (bicyclic) bond motifs is 1. The molecule has 4 aromatic rings. The van der Waals surface area contributed by atoms with Crippen LogP contribution in [0.2, 0.25) is 0 Å². The molecule has 0 aliphatic carbocycles. The molecule has 3 aromatic carbocycles. The summed E-state index contributed by atoms with van der Waals surface area (Å²) in [4.78, 5) is 7.91. The second kappa shape index (κ2) is 9.75. The Balaban J connectivity index is 0.000000256. The van der Waals surface area contributed by atoms with Crippen LogP contribution in [-0.4, -0.2) is 9.97 Å². The number of hydrogen-bond donors (Lipinski definition) is 1. The summed E-state index contributed by atoms with van der Waals surface area (Å²) in [6, 6.07) is 24.2. The summed E-state index contributed by atoms with van der Waals surface area (Å²) in [5.74, 6) is 0.881. The van der Waals surface area contributed by atoms with Crippen LogP contribution in [0.25, 0.3) is 28.2 Å². The first-order valence-electron chi connectivity index (χ1n) is 7.98. The molecule has 0 atom stereocenters. The minimum Gasteiger partial charge on any atom is -0.184 e. The van der Waals surface area contributed by atoms with Gasteiger partial charge in [0.25, 0.3) is 0 Å². The molecule has 0 unspecified atom stereocenters. The van der Waals surface area contributed by atoms with Gasteiger partial charge in [-0.1, -0.05) is 30.3 Å². The van der Waals surface area contributed by atoms with Crippen LogP contribution in [0.15, 0.2) is 66.7 Å². The zero-order valence-corrected chi connectivity index (χ0v) is 17.1. The van der Waals surface area contributed by atoms with E-state index < -0.39 is 0 Å². The van der Waals surface area contributed by atoms with Crippen molar-refractivity contribution in [1.82, 2.24) is 9.97 Å². The third kappa shape index (κ3) is 4.94. The van der Waals surface area contributed by atoms with E-state index in [1.165, 1.54) is 11.1 Å². The van der Waals surface area contributed by atoms with Crippen LogP contribution in [-0.2, 0) is 22.1 Å². The van der Waals surface area contributed by atoms with E-state index in [0.717, 1.165) is 22.4 Å². The molecule has 0 bridgehead atoms. The maximum Gasteiger partial charge on any atom is -0.171 e. The predicted molar refractivity (Wildman–Crippen MR) is 101 cm³/mol. The van der Waals surface area contributed by atoms with E-state index >= 15 is 0 Å². The van der Waals surface area contributed by atoms with Crippen molar-refractivity contribution in [3.05, 3.63) is 89.7 Å². The van der Waals surface area contributed by atoms with Crippen LogP contribution in [0.5, 0.6) is 0 Å². The van der Waals surface area contributed by atoms with Gasteiger partial charge in [-0.15, -0.1) is 5.69 Å². The molecular weight excluding hydrogens is 500 g/mol. The van der Waals surface area contributed by atoms with Gasteiger partial charge < -0.3 is 10.7 Å². The van der Waals surface area contributed by atoms with Crippen molar-refractivity contribution < 1.29 is 22.1 Å². The molecule has 1 aromatic heterocycles. The van der Waals surface area contributed by atoms with Crippen LogP contribution < -0.4 is 0 Å². The SMILES string of the molecule is Cc1cccc(C)c1-c1nc2ccc([NH-])cc2[nH]1.[O]=[Os].[c-]1ccccc1. The Kier molecular flexibility index (Phi) is 7.38. The number of aryl methyl sites for hydroxylation is 2. The van der Waals surface area contributed by atoms with Crippen molar-refractivity contribution in [3.63, 3.8) is 0 Å². The standard InChI is InChI=1S/C15H14N3.C6H5.O.Os/c1-9-4-3-5-10(2)14(9)15-17-12-7-6-11(16)8-13(12)18-15;1-2-4-6-5-3-1;;/h3-8,16H,1-2H3,(H,17,18);1-5H;;/q2*-1;;. The zero-order chi connectivity index (χ0) is 18.9. The summed E-state index contributed by atoms with van der Waals surface area (Å²) in [5.41, 5.74) is 13.5. The van der Waals surface area contributed by atoms with E-state index in [4.69, 9.17) is 9.27 Å². The molecule has 134 valence electrons. The molecule has 0 spiro atoms. The number of nitrogens with one attached hydrogen (secondary N) is 2. The van der Waals surface area contributed by atoms with Crippen molar-refractivity contribution in [2.24, 2.45) is 0 Å². The van der Waals surface area contributed by atoms with E-state index in [0.29, 0.717) is 24.2 Å². The maximum atomic E-state index is 8.28. The number of benzene rings is 3. The van der Waals surface area contributed by atoms with Gasteiger partial charge >= 0.3 is 22.1 Å². The van der Waals surface area contributed by atoms with Crippen LogP contribution in [0.1, 0.15) is 11.1 Å². The van der Waals surface area contributed by atoms with Gasteiger partial charge in [0, 0.05) is 5.56 Å². The van der Waals surface area contributed by atoms with Gasteiger partial charge in [-0.2, -0.15) is 36.4 Å². The van der Waals surface area contributed by atoms with Gasteiger partial charge in [-0.05, 0) is 31.0 Å². The minimum absolute atomic E-state index is 0.499. The van der Waals surface area contributed by atoms with Crippen LogP contribution in [0.3, 0.4) is 0 Å². The van der Waals surface area contributed by atoms with Crippen molar-refractivity contribution >= 4 is 16.7 Å². The Hall–Kier alpha value is -2.63. The summed E-state index contributed by atoms with van der Waals surface area (Å²) in [7, 11) is 0. The summed E-state index contributed by atoms with van der Waals surface area (Å²) < 4.78 is 8.28. The number of hydrogen-bond acceptors (Lipinski definition) is 2. The Morgan fingerprint density at radius 1 is 0.962 bits per heavy atom. The monoisotopic (exact) mass is 521 g/mol. The fraction of sp³-hybridized carbons (Fsp3) is 0.0952. The molecule has 0 radical (unpaired) electrons. The van der Waals surface area contributed by atoms with Crippen molar-refractivity contribution in [3.8, 4) is 11.4 Å². The second-order valence-electron chi connectivity index (χ2n) is 5.66. The summed E-state index contributed by atoms with van der Waals surface area (Å²) in [6.45, 7) is 4.18. The fourth-order valence-electron chi connectivity index (χ4n) is 2.66. The number of aromatic nitrogens is 2. The molecule has 2 N–H and O–H groups in total. The van der Waals surface area contributed by atoms with E-state index in [9.17, 15) is 0 Å². The Bertz CT molecular complexity index is 921. The molecule has 4 rings (SSSR count). The van der Waals surface area contributed by atoms with Crippen molar-refractivity contribution in [1.29, 1.82) is 0 Å². The number of rotatable bonds is 1. The normalized spacial score (nSPS) is 9.65. The summed E-state index contributed by atoms with van der Waals surface area (Å²) >= 11 is 0.611. The Morgan fingerprint density at radius 2 is 1.62 bits per heavy atom. The molecule has 0 fully saturated rings. The van der Waals surface area contributed by atoms with E-state index in [1.54, 1.807) is 12.1 Å². The largest absolute Gasteiger partial charge is 0.184 e. The zero-order valence-electron chi connectivity index (χ0n) is 14.6. The quantitative estimate of drug-likeness (QED) is 0.318.